The zero-order valence-electron chi connectivity index (χ0n) is 13.6. The molecule has 2 heterocycles. The molecule has 1 aliphatic carbocycles. The fourth-order valence-corrected chi connectivity index (χ4v) is 3.93. The van der Waals surface area contributed by atoms with Crippen LogP contribution in [0.3, 0.4) is 0 Å². The second-order valence-electron chi connectivity index (χ2n) is 6.87. The van der Waals surface area contributed by atoms with Crippen LogP contribution in [0.5, 0.6) is 0 Å². The van der Waals surface area contributed by atoms with Crippen LogP contribution < -0.4 is 5.32 Å². The Morgan fingerprint density at radius 2 is 2.13 bits per heavy atom. The van der Waals surface area contributed by atoms with E-state index in [2.05, 4.69) is 15.3 Å². The summed E-state index contributed by atoms with van der Waals surface area (Å²) in [7, 11) is -1.17. The van der Waals surface area contributed by atoms with E-state index in [1.807, 2.05) is 0 Å². The van der Waals surface area contributed by atoms with Crippen molar-refractivity contribution in [3.8, 4) is 0 Å². The van der Waals surface area contributed by atoms with Gasteiger partial charge in [-0.3, -0.25) is 14.4 Å². The molecule has 1 aromatic rings. The number of rotatable bonds is 6. The van der Waals surface area contributed by atoms with Gasteiger partial charge in [-0.1, -0.05) is 0 Å². The third-order valence-corrected chi connectivity index (χ3v) is 5.65. The molecular weight excluding hydrogens is 316 g/mol. The third-order valence-electron chi connectivity index (χ3n) is 4.73. The van der Waals surface area contributed by atoms with Gasteiger partial charge in [0.05, 0.1) is 17.5 Å². The quantitative estimate of drug-likeness (QED) is 0.782. The Morgan fingerprint density at radius 3 is 2.70 bits per heavy atom. The Hall–Kier alpha value is -1.41. The minimum Gasteiger partial charge on any atom is -0.348 e. The highest BCUT2D eigenvalue weighted by Crippen LogP contribution is 2.41. The first-order chi connectivity index (χ1) is 10.8. The molecule has 8 heteroatoms. The average molecular weight is 340 g/mol. The topological polar surface area (TPSA) is 84.3 Å². The van der Waals surface area contributed by atoms with Crippen molar-refractivity contribution < 1.29 is 13.2 Å². The summed E-state index contributed by atoms with van der Waals surface area (Å²) in [5.41, 5.74) is 0.566. The lowest BCUT2D eigenvalue weighted by Gasteiger charge is -2.19. The highest BCUT2D eigenvalue weighted by atomic mass is 32.2. The second-order valence-corrected chi connectivity index (χ2v) is 9.13. The fourth-order valence-electron chi connectivity index (χ4n) is 3.34. The molecule has 0 spiro atoms. The number of aryl methyl sites for hydroxylation is 1. The summed E-state index contributed by atoms with van der Waals surface area (Å²) in [5, 5.41) is 7.15. The van der Waals surface area contributed by atoms with E-state index >= 15 is 0 Å². The van der Waals surface area contributed by atoms with Crippen LogP contribution in [-0.2, 0) is 16.9 Å². The monoisotopic (exact) mass is 340 g/mol. The van der Waals surface area contributed by atoms with Gasteiger partial charge < -0.3 is 5.32 Å². The molecule has 1 N–H and O–H groups in total. The normalized spacial score (nSPS) is 25.7. The van der Waals surface area contributed by atoms with E-state index in [9.17, 15) is 13.2 Å². The van der Waals surface area contributed by atoms with E-state index in [0.717, 1.165) is 13.1 Å². The number of aromatic nitrogens is 2. The second kappa shape index (κ2) is 6.24. The number of hydrogen-bond donors (Lipinski definition) is 1. The third kappa shape index (κ3) is 4.32. The predicted molar refractivity (Wildman–Crippen MR) is 86.8 cm³/mol. The Morgan fingerprint density at radius 1 is 1.39 bits per heavy atom. The van der Waals surface area contributed by atoms with Gasteiger partial charge in [-0.15, -0.1) is 0 Å². The summed E-state index contributed by atoms with van der Waals surface area (Å²) in [4.78, 5) is 14.5. The molecule has 0 radical (unpaired) electrons. The van der Waals surface area contributed by atoms with Gasteiger partial charge in [0.15, 0.2) is 0 Å². The molecule has 2 fully saturated rings. The first kappa shape index (κ1) is 16.4. The van der Waals surface area contributed by atoms with Gasteiger partial charge in [0.25, 0.3) is 5.91 Å². The number of carbonyl (C=O) groups is 1. The van der Waals surface area contributed by atoms with E-state index in [-0.39, 0.29) is 17.7 Å². The van der Waals surface area contributed by atoms with E-state index in [4.69, 9.17) is 0 Å². The molecule has 1 aromatic heterocycles. The molecule has 1 saturated carbocycles. The molecule has 7 nitrogen and oxygen atoms in total. The summed E-state index contributed by atoms with van der Waals surface area (Å²) in [5.74, 6) is 1.17. The van der Waals surface area contributed by atoms with Crippen molar-refractivity contribution in [3.63, 3.8) is 0 Å². The molecule has 2 atom stereocenters. The zero-order valence-corrected chi connectivity index (χ0v) is 14.4. The van der Waals surface area contributed by atoms with Gasteiger partial charge in [-0.05, 0) is 24.7 Å². The van der Waals surface area contributed by atoms with E-state index in [0.29, 0.717) is 23.9 Å². The minimum absolute atomic E-state index is 0.0924. The zero-order chi connectivity index (χ0) is 16.6. The van der Waals surface area contributed by atoms with E-state index in [1.54, 1.807) is 24.1 Å². The molecule has 0 bridgehead atoms. The van der Waals surface area contributed by atoms with E-state index in [1.165, 1.54) is 19.1 Å². The van der Waals surface area contributed by atoms with Gasteiger partial charge in [-0.25, -0.2) is 8.42 Å². The maximum atomic E-state index is 12.3. The van der Waals surface area contributed by atoms with Crippen LogP contribution in [0.4, 0.5) is 0 Å². The number of carbonyl (C=O) groups excluding carboxylic acids is 1. The molecule has 1 saturated heterocycles. The van der Waals surface area contributed by atoms with Gasteiger partial charge in [0.1, 0.15) is 9.84 Å². The lowest BCUT2D eigenvalue weighted by Crippen LogP contribution is -2.41. The molecule has 2 aliphatic rings. The van der Waals surface area contributed by atoms with Crippen molar-refractivity contribution >= 4 is 15.7 Å². The van der Waals surface area contributed by atoms with Crippen LogP contribution in [-0.4, -0.2) is 66.7 Å². The molecule has 1 aliphatic heterocycles. The standard InChI is InChI=1S/C15H24N4O3S/c1-18-8-12(7-16-18)15(20)17-14-10-19(5-6-23(2,21)22)9-13(14)11-3-4-11/h7-8,11,13-14H,3-6,9-10H2,1-2H3,(H,17,20)/t13-,14+/m1/s1. The Kier molecular flexibility index (Phi) is 4.46. The number of nitrogens with zero attached hydrogens (tertiary/aromatic N) is 3. The first-order valence-electron chi connectivity index (χ1n) is 8.01. The lowest BCUT2D eigenvalue weighted by atomic mass is 9.98. The lowest BCUT2D eigenvalue weighted by molar-refractivity contribution is 0.0928. The van der Waals surface area contributed by atoms with E-state index < -0.39 is 9.84 Å². The van der Waals surface area contributed by atoms with Crippen molar-refractivity contribution in [3.05, 3.63) is 18.0 Å². The molecule has 3 rings (SSSR count). The van der Waals surface area contributed by atoms with Crippen molar-refractivity contribution in [1.82, 2.24) is 20.0 Å². The van der Waals surface area contributed by atoms with Gasteiger partial charge in [0, 0.05) is 45.2 Å². The van der Waals surface area contributed by atoms with Crippen LogP contribution in [0.25, 0.3) is 0 Å². The molecule has 1 amide bonds. The molecular formula is C15H24N4O3S. The predicted octanol–water partition coefficient (Wildman–Crippen LogP) is -0.0951. The number of likely N-dealkylation sites (tertiary alicyclic amines) is 1. The summed E-state index contributed by atoms with van der Waals surface area (Å²) in [6, 6.07) is 0.0924. The molecule has 128 valence electrons. The summed E-state index contributed by atoms with van der Waals surface area (Å²) in [6.45, 7) is 2.14. The first-order valence-corrected chi connectivity index (χ1v) is 10.1. The highest BCUT2D eigenvalue weighted by Gasteiger charge is 2.43. The van der Waals surface area contributed by atoms with Crippen LogP contribution in [0.2, 0.25) is 0 Å². The average Bonchev–Trinajstić information content (AvgIpc) is 3.08. The maximum Gasteiger partial charge on any atom is 0.254 e. The smallest absolute Gasteiger partial charge is 0.254 e. The number of hydrogen-bond acceptors (Lipinski definition) is 5. The molecule has 0 aromatic carbocycles. The number of nitrogens with one attached hydrogen (secondary N) is 1. The number of amides is 1. The fraction of sp³-hybridized carbons (Fsp3) is 0.733. The highest BCUT2D eigenvalue weighted by molar-refractivity contribution is 7.90. The number of sulfone groups is 1. The molecule has 0 unspecified atom stereocenters. The summed E-state index contributed by atoms with van der Waals surface area (Å²) >= 11 is 0. The van der Waals surface area contributed by atoms with Crippen molar-refractivity contribution in [2.75, 3.05) is 31.6 Å². The van der Waals surface area contributed by atoms with Crippen LogP contribution >= 0.6 is 0 Å². The van der Waals surface area contributed by atoms with Crippen LogP contribution in [0, 0.1) is 11.8 Å². The summed E-state index contributed by atoms with van der Waals surface area (Å²) < 4.78 is 24.3. The van der Waals surface area contributed by atoms with Gasteiger partial charge in [-0.2, -0.15) is 5.10 Å². The van der Waals surface area contributed by atoms with Crippen LogP contribution in [0.15, 0.2) is 12.4 Å². The summed E-state index contributed by atoms with van der Waals surface area (Å²) in [6.07, 6.45) is 6.96. The molecule has 23 heavy (non-hydrogen) atoms. The Bertz CT molecular complexity index is 681. The maximum absolute atomic E-state index is 12.3. The van der Waals surface area contributed by atoms with Gasteiger partial charge in [0.2, 0.25) is 0 Å². The van der Waals surface area contributed by atoms with Crippen molar-refractivity contribution in [2.24, 2.45) is 18.9 Å². The largest absolute Gasteiger partial charge is 0.348 e. The SMILES string of the molecule is Cn1cc(C(=O)N[C@H]2CN(CCS(C)(=O)=O)C[C@@H]2C2CC2)cn1. The van der Waals surface area contributed by atoms with Gasteiger partial charge >= 0.3 is 0 Å². The van der Waals surface area contributed by atoms with Crippen molar-refractivity contribution in [2.45, 2.75) is 18.9 Å². The Labute approximate surface area is 137 Å². The Balaban J connectivity index is 1.61. The minimum atomic E-state index is -2.95. The van der Waals surface area contributed by atoms with Crippen LogP contribution in [0.1, 0.15) is 23.2 Å². The van der Waals surface area contributed by atoms with Crippen molar-refractivity contribution in [1.29, 1.82) is 0 Å².